The summed E-state index contributed by atoms with van der Waals surface area (Å²) in [6.45, 7) is 4.18. The van der Waals surface area contributed by atoms with E-state index in [4.69, 9.17) is 5.84 Å². The largest absolute Gasteiger partial charge is 0.271 e. The molecule has 0 spiro atoms. The molecule has 0 bridgehead atoms. The molecule has 0 amide bonds. The summed E-state index contributed by atoms with van der Waals surface area (Å²) in [5.41, 5.74) is 6.60. The van der Waals surface area contributed by atoms with Gasteiger partial charge in [-0.1, -0.05) is 29.3 Å². The van der Waals surface area contributed by atoms with Crippen molar-refractivity contribution in [2.24, 2.45) is 11.8 Å². The summed E-state index contributed by atoms with van der Waals surface area (Å²) in [6, 6.07) is 6.62. The predicted molar refractivity (Wildman–Crippen MR) is 82.1 cm³/mol. The first-order valence-electron chi connectivity index (χ1n) is 7.11. The van der Waals surface area contributed by atoms with E-state index in [-0.39, 0.29) is 12.0 Å². The van der Waals surface area contributed by atoms with Crippen LogP contribution in [0.4, 0.5) is 0 Å². The van der Waals surface area contributed by atoms with Gasteiger partial charge in [-0.05, 0) is 44.6 Å². The molecule has 2 atom stereocenters. The van der Waals surface area contributed by atoms with Gasteiger partial charge in [0.15, 0.2) is 9.84 Å². The zero-order chi connectivity index (χ0) is 14.8. The van der Waals surface area contributed by atoms with Gasteiger partial charge in [-0.2, -0.15) is 0 Å². The zero-order valence-corrected chi connectivity index (χ0v) is 13.0. The van der Waals surface area contributed by atoms with Gasteiger partial charge in [-0.3, -0.25) is 11.3 Å². The van der Waals surface area contributed by atoms with Crippen LogP contribution in [0.2, 0.25) is 0 Å². The van der Waals surface area contributed by atoms with Gasteiger partial charge in [0.05, 0.1) is 11.5 Å². The van der Waals surface area contributed by atoms with Crippen molar-refractivity contribution in [1.82, 2.24) is 5.43 Å². The summed E-state index contributed by atoms with van der Waals surface area (Å²) >= 11 is 0. The second-order valence-corrected chi connectivity index (χ2v) is 8.30. The van der Waals surface area contributed by atoms with E-state index < -0.39 is 9.84 Å². The number of aryl methyl sites for hydroxylation is 2. The first-order chi connectivity index (χ1) is 9.38. The van der Waals surface area contributed by atoms with Crippen LogP contribution in [0.25, 0.3) is 0 Å². The second kappa shape index (κ2) is 6.24. The molecule has 1 aliphatic heterocycles. The van der Waals surface area contributed by atoms with E-state index in [1.807, 2.05) is 0 Å². The Balaban J connectivity index is 1.99. The van der Waals surface area contributed by atoms with E-state index in [0.29, 0.717) is 11.5 Å². The average molecular weight is 296 g/mol. The van der Waals surface area contributed by atoms with E-state index in [9.17, 15) is 8.42 Å². The minimum Gasteiger partial charge on any atom is -0.271 e. The van der Waals surface area contributed by atoms with Crippen molar-refractivity contribution in [2.45, 2.75) is 39.2 Å². The second-order valence-electron chi connectivity index (χ2n) is 6.07. The molecule has 1 aliphatic rings. The number of rotatable bonds is 5. The monoisotopic (exact) mass is 296 g/mol. The Labute approximate surface area is 121 Å². The van der Waals surface area contributed by atoms with E-state index in [0.717, 1.165) is 19.3 Å². The summed E-state index contributed by atoms with van der Waals surface area (Å²) in [5, 5.41) is 0. The van der Waals surface area contributed by atoms with Gasteiger partial charge in [0.25, 0.3) is 0 Å². The highest BCUT2D eigenvalue weighted by Crippen LogP contribution is 2.24. The molecule has 1 aromatic rings. The molecule has 2 unspecified atom stereocenters. The number of hydrogen-bond donors (Lipinski definition) is 2. The van der Waals surface area contributed by atoms with Crippen molar-refractivity contribution in [1.29, 1.82) is 0 Å². The lowest BCUT2D eigenvalue weighted by Gasteiger charge is -2.19. The smallest absolute Gasteiger partial charge is 0.150 e. The van der Waals surface area contributed by atoms with Gasteiger partial charge < -0.3 is 0 Å². The third-order valence-electron chi connectivity index (χ3n) is 3.94. The molecule has 4 nitrogen and oxygen atoms in total. The number of nitrogens with two attached hydrogens (primary N) is 1. The molecule has 112 valence electrons. The van der Waals surface area contributed by atoms with Crippen molar-refractivity contribution in [3.8, 4) is 0 Å². The molecular weight excluding hydrogens is 272 g/mol. The van der Waals surface area contributed by atoms with Crippen LogP contribution >= 0.6 is 0 Å². The SMILES string of the molecule is Cc1cc(C)cc(CC(CC2CCS(=O)(=O)C2)NN)c1. The fraction of sp³-hybridized carbons (Fsp3) is 0.600. The van der Waals surface area contributed by atoms with Crippen LogP contribution in [0.3, 0.4) is 0 Å². The van der Waals surface area contributed by atoms with Crippen LogP contribution in [-0.4, -0.2) is 26.0 Å². The van der Waals surface area contributed by atoms with Gasteiger partial charge in [-0.15, -0.1) is 0 Å². The lowest BCUT2D eigenvalue weighted by Crippen LogP contribution is -2.38. The van der Waals surface area contributed by atoms with Crippen LogP contribution in [0.15, 0.2) is 18.2 Å². The quantitative estimate of drug-likeness (QED) is 0.638. The normalized spacial score (nSPS) is 22.9. The summed E-state index contributed by atoms with van der Waals surface area (Å²) in [7, 11) is -2.80. The van der Waals surface area contributed by atoms with Crippen LogP contribution in [0.1, 0.15) is 29.5 Å². The van der Waals surface area contributed by atoms with Gasteiger partial charge >= 0.3 is 0 Å². The Morgan fingerprint density at radius 1 is 1.30 bits per heavy atom. The molecule has 3 N–H and O–H groups in total. The lowest BCUT2D eigenvalue weighted by atomic mass is 9.94. The average Bonchev–Trinajstić information content (AvgIpc) is 2.66. The van der Waals surface area contributed by atoms with Crippen molar-refractivity contribution < 1.29 is 8.42 Å². The van der Waals surface area contributed by atoms with E-state index in [1.165, 1.54) is 16.7 Å². The molecule has 0 saturated carbocycles. The number of nitrogens with one attached hydrogen (secondary N) is 1. The highest BCUT2D eigenvalue weighted by Gasteiger charge is 2.29. The molecule has 1 saturated heterocycles. The standard InChI is InChI=1S/C15H24N2O2S/c1-11-5-12(2)7-14(6-11)9-15(17-16)8-13-3-4-20(18,19)10-13/h5-7,13,15,17H,3-4,8-10,16H2,1-2H3. The molecule has 20 heavy (non-hydrogen) atoms. The summed E-state index contributed by atoms with van der Waals surface area (Å²) in [4.78, 5) is 0. The molecule has 2 rings (SSSR count). The highest BCUT2D eigenvalue weighted by molar-refractivity contribution is 7.91. The first-order valence-corrected chi connectivity index (χ1v) is 8.94. The maximum atomic E-state index is 11.5. The van der Waals surface area contributed by atoms with Crippen LogP contribution in [-0.2, 0) is 16.3 Å². The fourth-order valence-corrected chi connectivity index (χ4v) is 5.02. The van der Waals surface area contributed by atoms with Crippen LogP contribution < -0.4 is 11.3 Å². The molecule has 1 aromatic carbocycles. The number of hydrogen-bond acceptors (Lipinski definition) is 4. The molecular formula is C15H24N2O2S. The minimum absolute atomic E-state index is 0.134. The Kier molecular flexibility index (Phi) is 4.83. The Morgan fingerprint density at radius 3 is 2.45 bits per heavy atom. The summed E-state index contributed by atoms with van der Waals surface area (Å²) < 4.78 is 23.0. The van der Waals surface area contributed by atoms with Crippen molar-refractivity contribution >= 4 is 9.84 Å². The zero-order valence-electron chi connectivity index (χ0n) is 12.2. The van der Waals surface area contributed by atoms with Crippen molar-refractivity contribution in [2.75, 3.05) is 11.5 Å². The molecule has 1 heterocycles. The van der Waals surface area contributed by atoms with Gasteiger partial charge in [-0.25, -0.2) is 8.42 Å². The third kappa shape index (κ3) is 4.30. The van der Waals surface area contributed by atoms with Gasteiger partial charge in [0, 0.05) is 6.04 Å². The Hall–Kier alpha value is -0.910. The third-order valence-corrected chi connectivity index (χ3v) is 5.78. The first kappa shape index (κ1) is 15.5. The van der Waals surface area contributed by atoms with E-state index in [2.05, 4.69) is 37.5 Å². The Bertz CT molecular complexity index is 549. The summed E-state index contributed by atoms with van der Waals surface area (Å²) in [6.07, 6.45) is 2.44. The number of benzene rings is 1. The molecule has 5 heteroatoms. The highest BCUT2D eigenvalue weighted by atomic mass is 32.2. The van der Waals surface area contributed by atoms with Crippen LogP contribution in [0.5, 0.6) is 0 Å². The van der Waals surface area contributed by atoms with E-state index >= 15 is 0 Å². The topological polar surface area (TPSA) is 72.2 Å². The molecule has 0 aliphatic carbocycles. The van der Waals surface area contributed by atoms with E-state index in [1.54, 1.807) is 0 Å². The predicted octanol–water partition coefficient (Wildman–Crippen LogP) is 1.50. The molecule has 0 radical (unpaired) electrons. The minimum atomic E-state index is -2.80. The fourth-order valence-electron chi connectivity index (χ4n) is 3.14. The maximum Gasteiger partial charge on any atom is 0.150 e. The van der Waals surface area contributed by atoms with Crippen LogP contribution in [0, 0.1) is 19.8 Å². The van der Waals surface area contributed by atoms with Gasteiger partial charge in [0.1, 0.15) is 0 Å². The maximum absolute atomic E-state index is 11.5. The molecule has 1 fully saturated rings. The number of hydrazine groups is 1. The molecule has 0 aromatic heterocycles. The lowest BCUT2D eigenvalue weighted by molar-refractivity contribution is 0.408. The number of sulfone groups is 1. The van der Waals surface area contributed by atoms with Crippen molar-refractivity contribution in [3.05, 3.63) is 34.9 Å². The van der Waals surface area contributed by atoms with Gasteiger partial charge in [0.2, 0.25) is 0 Å². The van der Waals surface area contributed by atoms with Crippen molar-refractivity contribution in [3.63, 3.8) is 0 Å². The Morgan fingerprint density at radius 2 is 1.95 bits per heavy atom. The summed E-state index contributed by atoms with van der Waals surface area (Å²) in [5.74, 6) is 6.53.